The second kappa shape index (κ2) is 8.97. The summed E-state index contributed by atoms with van der Waals surface area (Å²) < 4.78 is 0. The van der Waals surface area contributed by atoms with Gasteiger partial charge in [-0.3, -0.25) is 9.78 Å². The molecule has 0 aromatic carbocycles. The fraction of sp³-hybridized carbons (Fsp3) is 0.600. The molecule has 5 heteroatoms. The van der Waals surface area contributed by atoms with E-state index in [0.29, 0.717) is 5.75 Å². The topological polar surface area (TPSA) is 54.0 Å². The lowest BCUT2D eigenvalue weighted by Crippen LogP contribution is -2.33. The molecule has 0 aliphatic carbocycles. The molecule has 0 radical (unpaired) electrons. The van der Waals surface area contributed by atoms with Crippen molar-refractivity contribution in [2.24, 2.45) is 5.92 Å². The second-order valence-corrected chi connectivity index (χ2v) is 6.15. The summed E-state index contributed by atoms with van der Waals surface area (Å²) in [5.74, 6) is 2.17. The van der Waals surface area contributed by atoms with Crippen molar-refractivity contribution in [2.75, 3.05) is 25.4 Å². The molecular formula is C15H23N3OS. The minimum atomic E-state index is 0.134. The maximum Gasteiger partial charge on any atom is 0.230 e. The van der Waals surface area contributed by atoms with Gasteiger partial charge in [-0.15, -0.1) is 11.8 Å². The average Bonchev–Trinajstić information content (AvgIpc) is 2.49. The van der Waals surface area contributed by atoms with Gasteiger partial charge in [0.05, 0.1) is 11.4 Å². The van der Waals surface area contributed by atoms with Crippen molar-refractivity contribution in [1.82, 2.24) is 15.6 Å². The number of pyridine rings is 1. The van der Waals surface area contributed by atoms with Crippen molar-refractivity contribution in [1.29, 1.82) is 0 Å². The first kappa shape index (κ1) is 15.3. The summed E-state index contributed by atoms with van der Waals surface area (Å²) >= 11 is 1.61. The molecule has 2 rings (SSSR count). The Hall–Kier alpha value is -1.07. The lowest BCUT2D eigenvalue weighted by Gasteiger charge is -2.22. The van der Waals surface area contributed by atoms with E-state index in [1.54, 1.807) is 18.0 Å². The molecule has 0 bridgehead atoms. The van der Waals surface area contributed by atoms with Gasteiger partial charge < -0.3 is 10.6 Å². The SMILES string of the molecule is O=C(CSCc1ccccn1)NCCC1CCCNC1. The van der Waals surface area contributed by atoms with Gasteiger partial charge in [-0.05, 0) is 50.4 Å². The number of nitrogens with zero attached hydrogens (tertiary/aromatic N) is 1. The van der Waals surface area contributed by atoms with E-state index in [2.05, 4.69) is 15.6 Å². The van der Waals surface area contributed by atoms with Crippen molar-refractivity contribution in [2.45, 2.75) is 25.0 Å². The van der Waals surface area contributed by atoms with Crippen LogP contribution in [-0.2, 0) is 10.5 Å². The van der Waals surface area contributed by atoms with Gasteiger partial charge in [0.25, 0.3) is 0 Å². The van der Waals surface area contributed by atoms with Crippen LogP contribution in [0.4, 0.5) is 0 Å². The van der Waals surface area contributed by atoms with Crippen LogP contribution in [0.5, 0.6) is 0 Å². The zero-order chi connectivity index (χ0) is 14.0. The van der Waals surface area contributed by atoms with Crippen molar-refractivity contribution in [3.8, 4) is 0 Å². The predicted molar refractivity (Wildman–Crippen MR) is 83.6 cm³/mol. The van der Waals surface area contributed by atoms with Gasteiger partial charge in [0.1, 0.15) is 0 Å². The summed E-state index contributed by atoms with van der Waals surface area (Å²) in [6.45, 7) is 3.05. The lowest BCUT2D eigenvalue weighted by atomic mass is 9.96. The van der Waals surface area contributed by atoms with E-state index in [1.807, 2.05) is 18.2 Å². The Morgan fingerprint density at radius 1 is 1.50 bits per heavy atom. The van der Waals surface area contributed by atoms with Gasteiger partial charge >= 0.3 is 0 Å². The zero-order valence-corrected chi connectivity index (χ0v) is 12.6. The number of amides is 1. The van der Waals surface area contributed by atoms with Gasteiger partial charge in [0, 0.05) is 18.5 Å². The van der Waals surface area contributed by atoms with Crippen molar-refractivity contribution in [3.05, 3.63) is 30.1 Å². The van der Waals surface area contributed by atoms with Crippen LogP contribution in [0.15, 0.2) is 24.4 Å². The van der Waals surface area contributed by atoms with Crippen LogP contribution in [0.3, 0.4) is 0 Å². The second-order valence-electron chi connectivity index (χ2n) is 5.16. The van der Waals surface area contributed by atoms with E-state index in [1.165, 1.54) is 12.8 Å². The number of carbonyl (C=O) groups excluding carboxylic acids is 1. The van der Waals surface area contributed by atoms with E-state index < -0.39 is 0 Å². The van der Waals surface area contributed by atoms with Crippen LogP contribution in [0.2, 0.25) is 0 Å². The molecule has 1 aliphatic heterocycles. The summed E-state index contributed by atoms with van der Waals surface area (Å²) in [4.78, 5) is 15.9. The van der Waals surface area contributed by atoms with Crippen LogP contribution < -0.4 is 10.6 Å². The Morgan fingerprint density at radius 2 is 2.45 bits per heavy atom. The smallest absolute Gasteiger partial charge is 0.230 e. The molecule has 1 saturated heterocycles. The Morgan fingerprint density at radius 3 is 3.20 bits per heavy atom. The minimum Gasteiger partial charge on any atom is -0.355 e. The maximum atomic E-state index is 11.7. The van der Waals surface area contributed by atoms with Gasteiger partial charge in [-0.2, -0.15) is 0 Å². The Kier molecular flexibility index (Phi) is 6.88. The highest BCUT2D eigenvalue weighted by atomic mass is 32.2. The number of nitrogens with one attached hydrogen (secondary N) is 2. The van der Waals surface area contributed by atoms with Crippen LogP contribution >= 0.6 is 11.8 Å². The van der Waals surface area contributed by atoms with Gasteiger partial charge in [-0.25, -0.2) is 0 Å². The van der Waals surface area contributed by atoms with E-state index in [0.717, 1.165) is 43.4 Å². The molecule has 2 N–H and O–H groups in total. The predicted octanol–water partition coefficient (Wildman–Crippen LogP) is 1.82. The molecule has 1 aromatic rings. The Balaban J connectivity index is 1.52. The first-order valence-corrected chi connectivity index (χ1v) is 8.45. The monoisotopic (exact) mass is 293 g/mol. The van der Waals surface area contributed by atoms with Crippen LogP contribution in [0.1, 0.15) is 25.0 Å². The molecule has 1 aliphatic rings. The number of thioether (sulfide) groups is 1. The average molecular weight is 293 g/mol. The van der Waals surface area contributed by atoms with Crippen molar-refractivity contribution in [3.63, 3.8) is 0 Å². The molecule has 4 nitrogen and oxygen atoms in total. The molecule has 2 heterocycles. The van der Waals surface area contributed by atoms with Gasteiger partial charge in [-0.1, -0.05) is 6.07 Å². The molecule has 110 valence electrons. The minimum absolute atomic E-state index is 0.134. The summed E-state index contributed by atoms with van der Waals surface area (Å²) in [6, 6.07) is 5.86. The summed E-state index contributed by atoms with van der Waals surface area (Å²) in [6.07, 6.45) is 5.42. The summed E-state index contributed by atoms with van der Waals surface area (Å²) in [7, 11) is 0. The zero-order valence-electron chi connectivity index (χ0n) is 11.8. The molecule has 1 atom stereocenters. The highest BCUT2D eigenvalue weighted by molar-refractivity contribution is 7.99. The number of piperidine rings is 1. The Bertz CT molecular complexity index is 393. The van der Waals surface area contributed by atoms with E-state index >= 15 is 0 Å². The van der Waals surface area contributed by atoms with Gasteiger partial charge in [0.2, 0.25) is 5.91 Å². The van der Waals surface area contributed by atoms with Crippen molar-refractivity contribution >= 4 is 17.7 Å². The Labute approximate surface area is 125 Å². The van der Waals surface area contributed by atoms with E-state index in [-0.39, 0.29) is 5.91 Å². The molecular weight excluding hydrogens is 270 g/mol. The fourth-order valence-electron chi connectivity index (χ4n) is 2.37. The number of hydrogen-bond acceptors (Lipinski definition) is 4. The standard InChI is InChI=1S/C15H23N3OS/c19-15(12-20-11-14-5-1-2-8-17-14)18-9-6-13-4-3-7-16-10-13/h1-2,5,8,13,16H,3-4,6-7,9-12H2,(H,18,19). The number of hydrogen-bond donors (Lipinski definition) is 2. The lowest BCUT2D eigenvalue weighted by molar-refractivity contribution is -0.118. The summed E-state index contributed by atoms with van der Waals surface area (Å²) in [5, 5.41) is 6.41. The number of aromatic nitrogens is 1. The normalized spacial score (nSPS) is 18.7. The molecule has 1 fully saturated rings. The van der Waals surface area contributed by atoms with E-state index in [9.17, 15) is 4.79 Å². The molecule has 1 unspecified atom stereocenters. The highest BCUT2D eigenvalue weighted by Gasteiger charge is 2.12. The first-order valence-electron chi connectivity index (χ1n) is 7.29. The third kappa shape index (κ3) is 5.92. The largest absolute Gasteiger partial charge is 0.355 e. The van der Waals surface area contributed by atoms with Crippen molar-refractivity contribution < 1.29 is 4.79 Å². The molecule has 0 saturated carbocycles. The summed E-state index contributed by atoms with van der Waals surface area (Å²) in [5.41, 5.74) is 1.03. The molecule has 1 amide bonds. The van der Waals surface area contributed by atoms with Crippen LogP contribution in [-0.4, -0.2) is 36.3 Å². The fourth-order valence-corrected chi connectivity index (χ4v) is 3.14. The third-order valence-electron chi connectivity index (χ3n) is 3.48. The highest BCUT2D eigenvalue weighted by Crippen LogP contribution is 2.13. The maximum absolute atomic E-state index is 11.7. The number of rotatable bonds is 7. The molecule has 0 spiro atoms. The number of carbonyl (C=O) groups is 1. The van der Waals surface area contributed by atoms with Gasteiger partial charge in [0.15, 0.2) is 0 Å². The molecule has 1 aromatic heterocycles. The van der Waals surface area contributed by atoms with Crippen LogP contribution in [0, 0.1) is 5.92 Å². The quantitative estimate of drug-likeness (QED) is 0.805. The third-order valence-corrected chi connectivity index (χ3v) is 4.45. The van der Waals surface area contributed by atoms with Crippen LogP contribution in [0.25, 0.3) is 0 Å². The van der Waals surface area contributed by atoms with E-state index in [4.69, 9.17) is 0 Å². The molecule has 20 heavy (non-hydrogen) atoms. The first-order chi connectivity index (χ1) is 9.84.